The van der Waals surface area contributed by atoms with Crippen LogP contribution in [0.15, 0.2) is 33.9 Å². The number of halogens is 1. The SMILES string of the molecule is CC(C)(C)c1nnc(SCc2nc(-c3ccc(Cl)cc3)no2)n1N. The van der Waals surface area contributed by atoms with Crippen LogP contribution in [-0.2, 0) is 11.2 Å². The second kappa shape index (κ2) is 6.45. The Balaban J connectivity index is 1.70. The topological polar surface area (TPSA) is 95.6 Å². The molecule has 0 saturated heterocycles. The molecule has 1 aromatic carbocycles. The largest absolute Gasteiger partial charge is 0.338 e. The number of nitrogens with zero attached hydrogens (tertiary/aromatic N) is 5. The van der Waals surface area contributed by atoms with E-state index in [-0.39, 0.29) is 5.41 Å². The van der Waals surface area contributed by atoms with Gasteiger partial charge in [0, 0.05) is 16.0 Å². The summed E-state index contributed by atoms with van der Waals surface area (Å²) in [7, 11) is 0. The molecule has 2 N–H and O–H groups in total. The first kappa shape index (κ1) is 16.8. The lowest BCUT2D eigenvalue weighted by atomic mass is 9.96. The number of benzene rings is 1. The normalized spacial score (nSPS) is 11.8. The second-order valence-corrected chi connectivity index (χ2v) is 7.61. The number of aromatic nitrogens is 5. The summed E-state index contributed by atoms with van der Waals surface area (Å²) in [5, 5.41) is 13.5. The van der Waals surface area contributed by atoms with Gasteiger partial charge in [0.05, 0.1) is 5.75 Å². The highest BCUT2D eigenvalue weighted by Crippen LogP contribution is 2.26. The summed E-state index contributed by atoms with van der Waals surface area (Å²) in [6.45, 7) is 6.10. The lowest BCUT2D eigenvalue weighted by Crippen LogP contribution is -2.24. The van der Waals surface area contributed by atoms with Crippen LogP contribution in [0.4, 0.5) is 0 Å². The summed E-state index contributed by atoms with van der Waals surface area (Å²) in [5.74, 6) is 8.25. The third kappa shape index (κ3) is 3.54. The van der Waals surface area contributed by atoms with Crippen molar-refractivity contribution in [2.24, 2.45) is 0 Å². The Morgan fingerprint density at radius 2 is 1.92 bits per heavy atom. The molecule has 0 amide bonds. The van der Waals surface area contributed by atoms with Crippen molar-refractivity contribution in [1.29, 1.82) is 0 Å². The average molecular weight is 365 g/mol. The molecule has 3 aromatic rings. The Kier molecular flexibility index (Phi) is 4.51. The summed E-state index contributed by atoms with van der Waals surface area (Å²) in [6.07, 6.45) is 0. The van der Waals surface area contributed by atoms with E-state index in [9.17, 15) is 0 Å². The number of nitrogens with two attached hydrogens (primary N) is 1. The van der Waals surface area contributed by atoms with E-state index < -0.39 is 0 Å². The first-order chi connectivity index (χ1) is 11.3. The van der Waals surface area contributed by atoms with Crippen LogP contribution < -0.4 is 5.84 Å². The molecule has 0 fully saturated rings. The molecule has 126 valence electrons. The molecule has 0 aliphatic heterocycles. The zero-order chi connectivity index (χ0) is 17.3. The predicted molar refractivity (Wildman–Crippen MR) is 93.2 cm³/mol. The summed E-state index contributed by atoms with van der Waals surface area (Å²) < 4.78 is 6.77. The van der Waals surface area contributed by atoms with Gasteiger partial charge < -0.3 is 10.4 Å². The van der Waals surface area contributed by atoms with E-state index in [2.05, 4.69) is 20.3 Å². The molecule has 0 atom stereocenters. The van der Waals surface area contributed by atoms with Gasteiger partial charge in [0.1, 0.15) is 0 Å². The van der Waals surface area contributed by atoms with Gasteiger partial charge in [-0.1, -0.05) is 49.3 Å². The number of thioether (sulfide) groups is 1. The third-order valence-electron chi connectivity index (χ3n) is 3.23. The summed E-state index contributed by atoms with van der Waals surface area (Å²) in [5.41, 5.74) is 0.670. The number of hydrogen-bond donors (Lipinski definition) is 1. The molecule has 2 heterocycles. The van der Waals surface area contributed by atoms with E-state index in [0.717, 1.165) is 11.4 Å². The highest BCUT2D eigenvalue weighted by atomic mass is 35.5. The van der Waals surface area contributed by atoms with Crippen LogP contribution in [0.2, 0.25) is 5.02 Å². The molecule has 2 aromatic heterocycles. The molecule has 7 nitrogen and oxygen atoms in total. The maximum Gasteiger partial charge on any atom is 0.237 e. The van der Waals surface area contributed by atoms with Gasteiger partial charge in [-0.2, -0.15) is 4.98 Å². The smallest absolute Gasteiger partial charge is 0.237 e. The summed E-state index contributed by atoms with van der Waals surface area (Å²) in [4.78, 5) is 4.37. The van der Waals surface area contributed by atoms with Gasteiger partial charge in [-0.25, -0.2) is 4.68 Å². The molecular formula is C15H17ClN6OS. The fourth-order valence-electron chi connectivity index (χ4n) is 2.04. The highest BCUT2D eigenvalue weighted by Gasteiger charge is 2.23. The van der Waals surface area contributed by atoms with Crippen LogP contribution in [-0.4, -0.2) is 25.0 Å². The minimum Gasteiger partial charge on any atom is -0.338 e. The Bertz CT molecular complexity index is 837. The second-order valence-electron chi connectivity index (χ2n) is 6.23. The van der Waals surface area contributed by atoms with E-state index in [1.807, 2.05) is 32.9 Å². The van der Waals surface area contributed by atoms with Gasteiger partial charge in [-0.3, -0.25) is 0 Å². The summed E-state index contributed by atoms with van der Waals surface area (Å²) in [6, 6.07) is 7.26. The number of nitrogen functional groups attached to an aromatic ring is 1. The molecule has 0 aliphatic carbocycles. The van der Waals surface area contributed by atoms with Crippen molar-refractivity contribution in [3.05, 3.63) is 41.0 Å². The zero-order valence-electron chi connectivity index (χ0n) is 13.5. The highest BCUT2D eigenvalue weighted by molar-refractivity contribution is 7.98. The maximum atomic E-state index is 6.06. The fraction of sp³-hybridized carbons (Fsp3) is 0.333. The minimum absolute atomic E-state index is 0.174. The lowest BCUT2D eigenvalue weighted by Gasteiger charge is -2.16. The van der Waals surface area contributed by atoms with Gasteiger partial charge in [0.25, 0.3) is 0 Å². The van der Waals surface area contributed by atoms with Gasteiger partial charge in [-0.15, -0.1) is 10.2 Å². The van der Waals surface area contributed by atoms with Crippen LogP contribution >= 0.6 is 23.4 Å². The van der Waals surface area contributed by atoms with Gasteiger partial charge in [0.15, 0.2) is 5.82 Å². The first-order valence-electron chi connectivity index (χ1n) is 7.27. The minimum atomic E-state index is -0.174. The van der Waals surface area contributed by atoms with Crippen molar-refractivity contribution in [3.63, 3.8) is 0 Å². The zero-order valence-corrected chi connectivity index (χ0v) is 15.1. The first-order valence-corrected chi connectivity index (χ1v) is 8.63. The molecule has 0 saturated carbocycles. The number of hydrogen-bond acceptors (Lipinski definition) is 7. The Hall–Kier alpha value is -2.06. The molecule has 0 unspecified atom stereocenters. The van der Waals surface area contributed by atoms with Crippen LogP contribution in [0.1, 0.15) is 32.5 Å². The lowest BCUT2D eigenvalue weighted by molar-refractivity contribution is 0.391. The monoisotopic (exact) mass is 364 g/mol. The van der Waals surface area contributed by atoms with Gasteiger partial charge in [0.2, 0.25) is 16.9 Å². The van der Waals surface area contributed by atoms with Crippen molar-refractivity contribution in [2.75, 3.05) is 5.84 Å². The van der Waals surface area contributed by atoms with E-state index in [1.54, 1.807) is 12.1 Å². The van der Waals surface area contributed by atoms with Gasteiger partial charge >= 0.3 is 0 Å². The number of rotatable bonds is 4. The van der Waals surface area contributed by atoms with Crippen molar-refractivity contribution in [2.45, 2.75) is 37.1 Å². The van der Waals surface area contributed by atoms with Crippen LogP contribution in [0.3, 0.4) is 0 Å². The van der Waals surface area contributed by atoms with Crippen molar-refractivity contribution in [3.8, 4) is 11.4 Å². The molecule has 0 spiro atoms. The van der Waals surface area contributed by atoms with Crippen LogP contribution in [0, 0.1) is 0 Å². The van der Waals surface area contributed by atoms with Crippen LogP contribution in [0.25, 0.3) is 11.4 Å². The maximum absolute atomic E-state index is 6.06. The Morgan fingerprint density at radius 1 is 1.21 bits per heavy atom. The average Bonchev–Trinajstić information content (AvgIpc) is 3.12. The van der Waals surface area contributed by atoms with Crippen molar-refractivity contribution >= 4 is 23.4 Å². The van der Waals surface area contributed by atoms with E-state index >= 15 is 0 Å². The molecule has 0 bridgehead atoms. The van der Waals surface area contributed by atoms with E-state index in [4.69, 9.17) is 22.0 Å². The molecule has 24 heavy (non-hydrogen) atoms. The fourth-order valence-corrected chi connectivity index (χ4v) is 2.86. The molecule has 0 aliphatic rings. The molecule has 9 heteroatoms. The van der Waals surface area contributed by atoms with Gasteiger partial charge in [-0.05, 0) is 24.3 Å². The Morgan fingerprint density at radius 3 is 2.54 bits per heavy atom. The quantitative estimate of drug-likeness (QED) is 0.560. The Labute approximate surface area is 148 Å². The summed E-state index contributed by atoms with van der Waals surface area (Å²) >= 11 is 7.27. The van der Waals surface area contributed by atoms with Crippen LogP contribution in [0.5, 0.6) is 0 Å². The molecule has 3 rings (SSSR count). The molecule has 0 radical (unpaired) electrons. The molecular weight excluding hydrogens is 348 g/mol. The third-order valence-corrected chi connectivity index (χ3v) is 4.41. The van der Waals surface area contributed by atoms with Crippen molar-refractivity contribution in [1.82, 2.24) is 25.0 Å². The standard InChI is InChI=1S/C15H17ClN6OS/c1-15(2,3)13-19-20-14(22(13)17)24-8-11-18-12(21-23-11)9-4-6-10(16)7-5-9/h4-7H,8,17H2,1-3H3. The van der Waals surface area contributed by atoms with E-state index in [1.165, 1.54) is 16.4 Å². The van der Waals surface area contributed by atoms with Crippen molar-refractivity contribution < 1.29 is 4.52 Å². The predicted octanol–water partition coefficient (Wildman–Crippen LogP) is 3.29. The van der Waals surface area contributed by atoms with E-state index in [0.29, 0.717) is 27.6 Å².